The Morgan fingerprint density at radius 2 is 1.82 bits per heavy atom. The van der Waals surface area contributed by atoms with E-state index in [2.05, 4.69) is 26.8 Å². The van der Waals surface area contributed by atoms with Crippen LogP contribution in [0.4, 0.5) is 4.39 Å². The molecule has 1 saturated carbocycles. The third-order valence-electron chi connectivity index (χ3n) is 7.28. The Morgan fingerprint density at radius 1 is 1.05 bits per heavy atom. The molecule has 0 amide bonds. The van der Waals surface area contributed by atoms with Gasteiger partial charge in [-0.15, -0.1) is 0 Å². The summed E-state index contributed by atoms with van der Waals surface area (Å²) in [7, 11) is 3.25. The number of carboxylic acid groups (broad SMARTS) is 1. The lowest BCUT2D eigenvalue weighted by molar-refractivity contribution is -0.137. The minimum absolute atomic E-state index is 0.00847. The Bertz CT molecular complexity index is 1290. The smallest absolute Gasteiger partial charge is 0.303 e. The van der Waals surface area contributed by atoms with Crippen LogP contribution >= 0.6 is 0 Å². The highest BCUT2D eigenvalue weighted by atomic mass is 19.1. The van der Waals surface area contributed by atoms with Crippen LogP contribution in [0.2, 0.25) is 0 Å². The van der Waals surface area contributed by atoms with Crippen LogP contribution in [0.25, 0.3) is 11.1 Å². The van der Waals surface area contributed by atoms with Gasteiger partial charge in [0, 0.05) is 18.2 Å². The molecule has 1 fully saturated rings. The van der Waals surface area contributed by atoms with Crippen LogP contribution in [0.1, 0.15) is 75.2 Å². The summed E-state index contributed by atoms with van der Waals surface area (Å²) in [4.78, 5) is 11.5. The Labute approximate surface area is 230 Å². The molecule has 1 aliphatic rings. The fourth-order valence-electron chi connectivity index (χ4n) is 5.15. The average Bonchev–Trinajstić information content (AvgIpc) is 3.74. The zero-order chi connectivity index (χ0) is 28.2. The zero-order valence-corrected chi connectivity index (χ0v) is 23.5. The highest BCUT2D eigenvalue weighted by Crippen LogP contribution is 2.45. The molecule has 0 aliphatic heterocycles. The van der Waals surface area contributed by atoms with E-state index in [0.717, 1.165) is 36.0 Å². The lowest BCUT2D eigenvalue weighted by atomic mass is 9.86. The normalized spacial score (nSPS) is 15.0. The van der Waals surface area contributed by atoms with Crippen molar-refractivity contribution < 1.29 is 28.5 Å². The molecule has 3 aromatic rings. The van der Waals surface area contributed by atoms with E-state index in [1.807, 2.05) is 36.4 Å². The predicted octanol–water partition coefficient (Wildman–Crippen LogP) is 8.17. The van der Waals surface area contributed by atoms with Gasteiger partial charge in [0.05, 0.1) is 19.6 Å². The summed E-state index contributed by atoms with van der Waals surface area (Å²) in [6.45, 7) is 6.79. The molecule has 5 nitrogen and oxygen atoms in total. The number of benzene rings is 3. The molecule has 0 bridgehead atoms. The van der Waals surface area contributed by atoms with Gasteiger partial charge in [-0.05, 0) is 83.5 Å². The van der Waals surface area contributed by atoms with Gasteiger partial charge in [0.25, 0.3) is 0 Å². The molecule has 39 heavy (non-hydrogen) atoms. The standard InChI is InChI=1S/C33H39FO5/c1-33(2,3)19-31(38-5)28-16-24(27-17-25(37-4)12-13-29(27)34)11-14-30(28)39-20-21-7-6-8-23(15-21)26(18-32(35)36)22-9-10-22/h6-8,11-17,22,26,31H,9-10,18-20H2,1-5H3,(H,35,36). The van der Waals surface area contributed by atoms with Gasteiger partial charge < -0.3 is 19.3 Å². The quantitative estimate of drug-likeness (QED) is 0.254. The van der Waals surface area contributed by atoms with Crippen molar-refractivity contribution in [1.29, 1.82) is 0 Å². The van der Waals surface area contributed by atoms with E-state index in [0.29, 0.717) is 35.2 Å². The number of aliphatic carboxylic acids is 1. The molecule has 6 heteroatoms. The lowest BCUT2D eigenvalue weighted by Crippen LogP contribution is -2.15. The van der Waals surface area contributed by atoms with Crippen molar-refractivity contribution >= 4 is 5.97 Å². The number of rotatable bonds is 12. The van der Waals surface area contributed by atoms with E-state index in [9.17, 15) is 14.3 Å². The second-order valence-electron chi connectivity index (χ2n) is 11.7. The maximum absolute atomic E-state index is 14.8. The van der Waals surface area contributed by atoms with Crippen molar-refractivity contribution in [2.45, 2.75) is 65.1 Å². The molecule has 2 unspecified atom stereocenters. The summed E-state index contributed by atoms with van der Waals surface area (Å²) in [6, 6.07) is 18.4. The largest absolute Gasteiger partial charge is 0.497 e. The average molecular weight is 535 g/mol. The summed E-state index contributed by atoms with van der Waals surface area (Å²) in [5.41, 5.74) is 4.03. The lowest BCUT2D eigenvalue weighted by Gasteiger charge is -2.27. The third-order valence-corrected chi connectivity index (χ3v) is 7.28. The molecule has 0 aromatic heterocycles. The van der Waals surface area contributed by atoms with Gasteiger partial charge >= 0.3 is 5.97 Å². The molecule has 208 valence electrons. The summed E-state index contributed by atoms with van der Waals surface area (Å²) in [6.07, 6.45) is 2.79. The minimum Gasteiger partial charge on any atom is -0.497 e. The van der Waals surface area contributed by atoms with Gasteiger partial charge in [-0.2, -0.15) is 0 Å². The molecule has 2 atom stereocenters. The van der Waals surface area contributed by atoms with E-state index in [-0.39, 0.29) is 29.7 Å². The summed E-state index contributed by atoms with van der Waals surface area (Å²) >= 11 is 0. The maximum Gasteiger partial charge on any atom is 0.303 e. The van der Waals surface area contributed by atoms with Crippen molar-refractivity contribution in [1.82, 2.24) is 0 Å². The number of ether oxygens (including phenoxy) is 3. The van der Waals surface area contributed by atoms with Crippen LogP contribution in [-0.2, 0) is 16.1 Å². The monoisotopic (exact) mass is 534 g/mol. The molecule has 0 saturated heterocycles. The van der Waals surface area contributed by atoms with Crippen LogP contribution in [0.5, 0.6) is 11.5 Å². The van der Waals surface area contributed by atoms with E-state index in [4.69, 9.17) is 14.2 Å². The van der Waals surface area contributed by atoms with Crippen molar-refractivity contribution in [2.75, 3.05) is 14.2 Å². The Morgan fingerprint density at radius 3 is 2.46 bits per heavy atom. The van der Waals surface area contributed by atoms with Gasteiger partial charge in [0.15, 0.2) is 0 Å². The van der Waals surface area contributed by atoms with Crippen molar-refractivity contribution in [3.8, 4) is 22.6 Å². The first-order valence-corrected chi connectivity index (χ1v) is 13.5. The first-order valence-electron chi connectivity index (χ1n) is 13.5. The van der Waals surface area contributed by atoms with Crippen LogP contribution in [0.3, 0.4) is 0 Å². The van der Waals surface area contributed by atoms with E-state index in [1.54, 1.807) is 26.4 Å². The second kappa shape index (κ2) is 12.2. The number of halogens is 1. The number of hydrogen-bond donors (Lipinski definition) is 1. The van der Waals surface area contributed by atoms with Crippen LogP contribution in [-0.4, -0.2) is 25.3 Å². The van der Waals surface area contributed by atoms with Crippen LogP contribution in [0, 0.1) is 17.2 Å². The third kappa shape index (κ3) is 7.60. The number of carbonyl (C=O) groups is 1. The summed E-state index contributed by atoms with van der Waals surface area (Å²) in [5, 5.41) is 9.41. The minimum atomic E-state index is -0.768. The first-order chi connectivity index (χ1) is 18.6. The Kier molecular flexibility index (Phi) is 8.96. The van der Waals surface area contributed by atoms with Crippen molar-refractivity contribution in [2.24, 2.45) is 11.3 Å². The molecule has 1 N–H and O–H groups in total. The molecule has 4 rings (SSSR count). The van der Waals surface area contributed by atoms with E-state index < -0.39 is 5.97 Å². The summed E-state index contributed by atoms with van der Waals surface area (Å²) < 4.78 is 32.5. The molecule has 0 radical (unpaired) electrons. The predicted molar refractivity (Wildman–Crippen MR) is 151 cm³/mol. The maximum atomic E-state index is 14.8. The van der Waals surface area contributed by atoms with Crippen molar-refractivity contribution in [3.63, 3.8) is 0 Å². The number of carboxylic acids is 1. The zero-order valence-electron chi connectivity index (χ0n) is 23.5. The Hall–Kier alpha value is -3.38. The Balaban J connectivity index is 1.65. The topological polar surface area (TPSA) is 65.0 Å². The van der Waals surface area contributed by atoms with Gasteiger partial charge in [-0.3, -0.25) is 4.79 Å². The summed E-state index contributed by atoms with van der Waals surface area (Å²) in [5.74, 6) is 0.623. The molecular formula is C33H39FO5. The number of methoxy groups -OCH3 is 2. The van der Waals surface area contributed by atoms with E-state index >= 15 is 0 Å². The van der Waals surface area contributed by atoms with Gasteiger partial charge in [0.2, 0.25) is 0 Å². The molecule has 3 aromatic carbocycles. The highest BCUT2D eigenvalue weighted by Gasteiger charge is 2.33. The second-order valence-corrected chi connectivity index (χ2v) is 11.7. The van der Waals surface area contributed by atoms with Gasteiger partial charge in [-0.25, -0.2) is 4.39 Å². The fraction of sp³-hybridized carbons (Fsp3) is 0.424. The first kappa shape index (κ1) is 28.6. The molecule has 0 heterocycles. The van der Waals surface area contributed by atoms with E-state index in [1.165, 1.54) is 6.07 Å². The van der Waals surface area contributed by atoms with Gasteiger partial charge in [0.1, 0.15) is 23.9 Å². The number of hydrogen-bond acceptors (Lipinski definition) is 4. The fourth-order valence-corrected chi connectivity index (χ4v) is 5.15. The molecular weight excluding hydrogens is 495 g/mol. The van der Waals surface area contributed by atoms with Crippen LogP contribution in [0.15, 0.2) is 60.7 Å². The molecule has 0 spiro atoms. The van der Waals surface area contributed by atoms with Crippen LogP contribution < -0.4 is 9.47 Å². The SMILES string of the molecule is COc1ccc(F)c(-c2ccc(OCc3cccc(C(CC(=O)O)C4CC4)c3)c(C(CC(C)(C)C)OC)c2)c1. The van der Waals surface area contributed by atoms with Crippen molar-refractivity contribution in [3.05, 3.63) is 83.2 Å². The highest BCUT2D eigenvalue weighted by molar-refractivity contribution is 5.69. The van der Waals surface area contributed by atoms with Gasteiger partial charge in [-0.1, -0.05) is 51.1 Å². The molecule has 1 aliphatic carbocycles.